The molecule has 102 valence electrons. The first-order valence-electron chi connectivity index (χ1n) is 5.77. The molecular formula is C15H11BrFNO2. The first-order chi connectivity index (χ1) is 9.56. The number of methoxy groups -OCH3 is 1. The van der Waals surface area contributed by atoms with E-state index in [1.165, 1.54) is 19.2 Å². The number of halogens is 2. The Morgan fingerprint density at radius 1 is 1.15 bits per heavy atom. The zero-order chi connectivity index (χ0) is 14.7. The molecule has 0 fully saturated rings. The minimum absolute atomic E-state index is 0.0260. The zero-order valence-electron chi connectivity index (χ0n) is 10.9. The van der Waals surface area contributed by atoms with Crippen molar-refractivity contribution < 1.29 is 13.9 Å². The summed E-state index contributed by atoms with van der Waals surface area (Å²) in [7, 11) is 1.52. The molecule has 0 heterocycles. The lowest BCUT2D eigenvalue weighted by molar-refractivity contribution is 0.370. The highest BCUT2D eigenvalue weighted by Gasteiger charge is 2.14. The molecule has 0 saturated carbocycles. The molecule has 3 nitrogen and oxygen atoms in total. The number of benzene rings is 2. The Bertz CT molecular complexity index is 695. The van der Waals surface area contributed by atoms with E-state index in [0.29, 0.717) is 11.5 Å². The van der Waals surface area contributed by atoms with E-state index < -0.39 is 5.82 Å². The largest absolute Gasteiger partial charge is 0.493 e. The van der Waals surface area contributed by atoms with Gasteiger partial charge in [0.2, 0.25) is 0 Å². The lowest BCUT2D eigenvalue weighted by Gasteiger charge is -2.12. The number of ether oxygens (including phenoxy) is 2. The van der Waals surface area contributed by atoms with E-state index in [1.54, 1.807) is 12.1 Å². The second-order valence-corrected chi connectivity index (χ2v) is 4.90. The molecule has 0 bridgehead atoms. The molecule has 20 heavy (non-hydrogen) atoms. The SMILES string of the molecule is COc1cc(C)ccc1Oc1ccc(C#N)c(Br)c1F. The summed E-state index contributed by atoms with van der Waals surface area (Å²) in [6, 6.07) is 10.1. The molecule has 2 aromatic carbocycles. The van der Waals surface area contributed by atoms with Gasteiger partial charge in [0.25, 0.3) is 0 Å². The van der Waals surface area contributed by atoms with E-state index in [9.17, 15) is 4.39 Å². The van der Waals surface area contributed by atoms with Crippen LogP contribution in [0.5, 0.6) is 17.2 Å². The van der Waals surface area contributed by atoms with Crippen molar-refractivity contribution in [2.75, 3.05) is 7.11 Å². The molecule has 0 atom stereocenters. The van der Waals surface area contributed by atoms with Gasteiger partial charge in [-0.15, -0.1) is 0 Å². The van der Waals surface area contributed by atoms with Gasteiger partial charge in [0.05, 0.1) is 17.1 Å². The first-order valence-corrected chi connectivity index (χ1v) is 6.56. The molecule has 5 heteroatoms. The van der Waals surface area contributed by atoms with Crippen LogP contribution in [0, 0.1) is 24.1 Å². The van der Waals surface area contributed by atoms with E-state index in [-0.39, 0.29) is 15.8 Å². The highest BCUT2D eigenvalue weighted by atomic mass is 79.9. The third kappa shape index (κ3) is 2.75. The van der Waals surface area contributed by atoms with Crippen molar-refractivity contribution in [2.24, 2.45) is 0 Å². The molecule has 0 aliphatic rings. The molecule has 0 aromatic heterocycles. The van der Waals surface area contributed by atoms with Gasteiger partial charge < -0.3 is 9.47 Å². The molecular weight excluding hydrogens is 325 g/mol. The van der Waals surface area contributed by atoms with Gasteiger partial charge in [0.15, 0.2) is 23.1 Å². The second-order valence-electron chi connectivity index (χ2n) is 4.11. The third-order valence-electron chi connectivity index (χ3n) is 2.71. The Kier molecular flexibility index (Phi) is 4.26. The topological polar surface area (TPSA) is 42.2 Å². The van der Waals surface area contributed by atoms with E-state index >= 15 is 0 Å². The summed E-state index contributed by atoms with van der Waals surface area (Å²) in [4.78, 5) is 0. The summed E-state index contributed by atoms with van der Waals surface area (Å²) in [5, 5.41) is 8.83. The average molecular weight is 336 g/mol. The molecule has 0 aliphatic carbocycles. The monoisotopic (exact) mass is 335 g/mol. The maximum Gasteiger partial charge on any atom is 0.181 e. The first kappa shape index (κ1) is 14.4. The van der Waals surface area contributed by atoms with Gasteiger partial charge in [0.1, 0.15) is 6.07 Å². The Morgan fingerprint density at radius 3 is 2.50 bits per heavy atom. The maximum absolute atomic E-state index is 14.1. The van der Waals surface area contributed by atoms with E-state index in [1.807, 2.05) is 19.1 Å². The normalized spacial score (nSPS) is 9.95. The number of hydrogen-bond acceptors (Lipinski definition) is 3. The number of nitrogens with zero attached hydrogens (tertiary/aromatic N) is 1. The highest BCUT2D eigenvalue weighted by molar-refractivity contribution is 9.10. The van der Waals surface area contributed by atoms with Crippen molar-refractivity contribution in [1.82, 2.24) is 0 Å². The molecule has 0 unspecified atom stereocenters. The van der Waals surface area contributed by atoms with Crippen LogP contribution >= 0.6 is 15.9 Å². The smallest absolute Gasteiger partial charge is 0.181 e. The Labute approximate surface area is 124 Å². The summed E-state index contributed by atoms with van der Waals surface area (Å²) in [5.41, 5.74) is 1.22. The van der Waals surface area contributed by atoms with Gasteiger partial charge in [-0.1, -0.05) is 6.07 Å². The van der Waals surface area contributed by atoms with Crippen LogP contribution in [0.4, 0.5) is 4.39 Å². The molecule has 2 aromatic rings. The summed E-state index contributed by atoms with van der Waals surface area (Å²) in [5.74, 6) is 0.336. The fourth-order valence-electron chi connectivity index (χ4n) is 1.67. The molecule has 0 saturated heterocycles. The van der Waals surface area contributed by atoms with Crippen molar-refractivity contribution in [3.8, 4) is 23.3 Å². The number of hydrogen-bond donors (Lipinski definition) is 0. The van der Waals surface area contributed by atoms with Gasteiger partial charge in [-0.25, -0.2) is 4.39 Å². The summed E-state index contributed by atoms with van der Waals surface area (Å²) >= 11 is 3.04. The fourth-order valence-corrected chi connectivity index (χ4v) is 2.09. The molecule has 0 amide bonds. The van der Waals surface area contributed by atoms with Gasteiger partial charge in [-0.05, 0) is 52.7 Å². The lowest BCUT2D eigenvalue weighted by atomic mass is 10.2. The Balaban J connectivity index is 2.41. The van der Waals surface area contributed by atoms with Crippen molar-refractivity contribution in [3.05, 3.63) is 51.7 Å². The van der Waals surface area contributed by atoms with Gasteiger partial charge in [-0.2, -0.15) is 5.26 Å². The van der Waals surface area contributed by atoms with Crippen LogP contribution < -0.4 is 9.47 Å². The molecule has 0 spiro atoms. The minimum atomic E-state index is -0.619. The van der Waals surface area contributed by atoms with Gasteiger partial charge in [-0.3, -0.25) is 0 Å². The third-order valence-corrected chi connectivity index (χ3v) is 3.48. The zero-order valence-corrected chi connectivity index (χ0v) is 12.5. The standard InChI is InChI=1S/C15H11BrFNO2/c1-9-3-5-11(13(7-9)19-2)20-12-6-4-10(8-18)14(16)15(12)17/h3-7H,1-2H3. The summed E-state index contributed by atoms with van der Waals surface area (Å²) in [6.07, 6.45) is 0. The van der Waals surface area contributed by atoms with Gasteiger partial charge >= 0.3 is 0 Å². The predicted molar refractivity (Wildman–Crippen MR) is 76.6 cm³/mol. The second kappa shape index (κ2) is 5.93. The Morgan fingerprint density at radius 2 is 1.85 bits per heavy atom. The molecule has 0 aliphatic heterocycles. The lowest BCUT2D eigenvalue weighted by Crippen LogP contribution is -1.94. The number of aryl methyl sites for hydroxylation is 1. The highest BCUT2D eigenvalue weighted by Crippen LogP contribution is 2.36. The van der Waals surface area contributed by atoms with Crippen molar-refractivity contribution >= 4 is 15.9 Å². The molecule has 0 N–H and O–H groups in total. The van der Waals surface area contributed by atoms with E-state index in [0.717, 1.165) is 5.56 Å². The fraction of sp³-hybridized carbons (Fsp3) is 0.133. The van der Waals surface area contributed by atoms with E-state index in [4.69, 9.17) is 14.7 Å². The van der Waals surface area contributed by atoms with Crippen LogP contribution in [0.25, 0.3) is 0 Å². The van der Waals surface area contributed by atoms with Crippen LogP contribution in [0.15, 0.2) is 34.8 Å². The quantitative estimate of drug-likeness (QED) is 0.825. The summed E-state index contributed by atoms with van der Waals surface area (Å²) in [6.45, 7) is 1.92. The number of nitriles is 1. The van der Waals surface area contributed by atoms with Crippen molar-refractivity contribution in [1.29, 1.82) is 5.26 Å². The van der Waals surface area contributed by atoms with Gasteiger partial charge in [0, 0.05) is 0 Å². The maximum atomic E-state index is 14.1. The number of rotatable bonds is 3. The minimum Gasteiger partial charge on any atom is -0.493 e. The average Bonchev–Trinajstić information content (AvgIpc) is 2.45. The molecule has 2 rings (SSSR count). The van der Waals surface area contributed by atoms with Crippen LogP contribution in [-0.2, 0) is 0 Å². The van der Waals surface area contributed by atoms with E-state index in [2.05, 4.69) is 15.9 Å². The van der Waals surface area contributed by atoms with Crippen molar-refractivity contribution in [3.63, 3.8) is 0 Å². The predicted octanol–water partition coefficient (Wildman–Crippen LogP) is 4.57. The summed E-state index contributed by atoms with van der Waals surface area (Å²) < 4.78 is 24.9. The van der Waals surface area contributed by atoms with Crippen LogP contribution in [0.2, 0.25) is 0 Å². The Hall–Kier alpha value is -2.06. The molecule has 0 radical (unpaired) electrons. The van der Waals surface area contributed by atoms with Crippen LogP contribution in [-0.4, -0.2) is 7.11 Å². The van der Waals surface area contributed by atoms with Crippen LogP contribution in [0.1, 0.15) is 11.1 Å². The van der Waals surface area contributed by atoms with Crippen LogP contribution in [0.3, 0.4) is 0 Å². The van der Waals surface area contributed by atoms with Crippen molar-refractivity contribution in [2.45, 2.75) is 6.92 Å².